The van der Waals surface area contributed by atoms with Gasteiger partial charge in [0.15, 0.2) is 0 Å². The SMILES string of the molecule is COC(=O)c1cc(F)ccc1NC(=O)C1(C)CCCCN1. The van der Waals surface area contributed by atoms with Crippen LogP contribution in [0.4, 0.5) is 10.1 Å². The van der Waals surface area contributed by atoms with E-state index < -0.39 is 17.3 Å². The molecule has 1 saturated heterocycles. The van der Waals surface area contributed by atoms with Crippen molar-refractivity contribution in [2.24, 2.45) is 0 Å². The molecule has 0 radical (unpaired) electrons. The average molecular weight is 294 g/mol. The van der Waals surface area contributed by atoms with Crippen LogP contribution >= 0.6 is 0 Å². The summed E-state index contributed by atoms with van der Waals surface area (Å²) in [6, 6.07) is 3.61. The number of esters is 1. The van der Waals surface area contributed by atoms with Gasteiger partial charge in [0.1, 0.15) is 5.82 Å². The standard InChI is InChI=1S/C15H19FN2O3/c1-15(7-3-4-8-17-15)14(20)18-12-6-5-10(16)9-11(12)13(19)21-2/h5-6,9,17H,3-4,7-8H2,1-2H3,(H,18,20). The Morgan fingerprint density at radius 3 is 2.76 bits per heavy atom. The zero-order valence-corrected chi connectivity index (χ0v) is 12.2. The first-order chi connectivity index (χ1) is 9.96. The van der Waals surface area contributed by atoms with Crippen molar-refractivity contribution in [1.82, 2.24) is 5.32 Å². The number of benzene rings is 1. The van der Waals surface area contributed by atoms with Crippen molar-refractivity contribution >= 4 is 17.6 Å². The molecule has 0 bridgehead atoms. The third-order valence-electron chi connectivity index (χ3n) is 3.75. The third kappa shape index (κ3) is 3.39. The molecule has 1 aromatic carbocycles. The highest BCUT2D eigenvalue weighted by Crippen LogP contribution is 2.23. The summed E-state index contributed by atoms with van der Waals surface area (Å²) in [6.45, 7) is 2.60. The van der Waals surface area contributed by atoms with Gasteiger partial charge in [0, 0.05) is 0 Å². The summed E-state index contributed by atoms with van der Waals surface area (Å²) in [7, 11) is 1.21. The molecule has 1 aliphatic heterocycles. The summed E-state index contributed by atoms with van der Waals surface area (Å²) in [4.78, 5) is 24.1. The average Bonchev–Trinajstić information content (AvgIpc) is 2.49. The number of carbonyl (C=O) groups is 2. The molecule has 5 nitrogen and oxygen atoms in total. The zero-order chi connectivity index (χ0) is 15.5. The van der Waals surface area contributed by atoms with Crippen LogP contribution in [0.5, 0.6) is 0 Å². The summed E-state index contributed by atoms with van der Waals surface area (Å²) in [5.41, 5.74) is -0.424. The van der Waals surface area contributed by atoms with Gasteiger partial charge in [-0.05, 0) is 50.9 Å². The number of hydrogen-bond acceptors (Lipinski definition) is 4. The minimum absolute atomic E-state index is 0.00487. The van der Waals surface area contributed by atoms with Crippen molar-refractivity contribution in [3.8, 4) is 0 Å². The Bertz CT molecular complexity index is 554. The topological polar surface area (TPSA) is 67.4 Å². The number of halogens is 1. The van der Waals surface area contributed by atoms with Gasteiger partial charge in [0.2, 0.25) is 5.91 Å². The molecule has 1 amide bonds. The molecule has 0 aromatic heterocycles. The molecule has 1 heterocycles. The molecular weight excluding hydrogens is 275 g/mol. The van der Waals surface area contributed by atoms with E-state index in [9.17, 15) is 14.0 Å². The Kier molecular flexibility index (Phi) is 4.57. The number of hydrogen-bond donors (Lipinski definition) is 2. The maximum atomic E-state index is 13.3. The van der Waals surface area contributed by atoms with Gasteiger partial charge in [-0.1, -0.05) is 0 Å². The maximum absolute atomic E-state index is 13.3. The number of carbonyl (C=O) groups excluding carboxylic acids is 2. The summed E-state index contributed by atoms with van der Waals surface area (Å²) in [5, 5.41) is 5.88. The Morgan fingerprint density at radius 1 is 1.38 bits per heavy atom. The predicted molar refractivity (Wildman–Crippen MR) is 76.6 cm³/mol. The van der Waals surface area contributed by atoms with Crippen molar-refractivity contribution in [2.45, 2.75) is 31.7 Å². The molecule has 114 valence electrons. The van der Waals surface area contributed by atoms with Crippen molar-refractivity contribution < 1.29 is 18.7 Å². The first-order valence-corrected chi connectivity index (χ1v) is 6.90. The first-order valence-electron chi connectivity index (χ1n) is 6.90. The fraction of sp³-hybridized carbons (Fsp3) is 0.467. The Balaban J connectivity index is 2.22. The van der Waals surface area contributed by atoms with Crippen molar-refractivity contribution in [1.29, 1.82) is 0 Å². The molecule has 1 fully saturated rings. The van der Waals surface area contributed by atoms with Crippen LogP contribution in [-0.4, -0.2) is 31.1 Å². The Morgan fingerprint density at radius 2 is 2.14 bits per heavy atom. The lowest BCUT2D eigenvalue weighted by molar-refractivity contribution is -0.122. The van der Waals surface area contributed by atoms with E-state index in [1.54, 1.807) is 0 Å². The number of ether oxygens (including phenoxy) is 1. The minimum atomic E-state index is -0.688. The number of nitrogens with one attached hydrogen (secondary N) is 2. The Labute approximate surface area is 122 Å². The van der Waals surface area contributed by atoms with Gasteiger partial charge in [-0.2, -0.15) is 0 Å². The second-order valence-electron chi connectivity index (χ2n) is 5.35. The molecule has 1 atom stereocenters. The predicted octanol–water partition coefficient (Wildman–Crippen LogP) is 2.08. The van der Waals surface area contributed by atoms with Gasteiger partial charge in [0.25, 0.3) is 0 Å². The number of amides is 1. The van der Waals surface area contributed by atoms with Gasteiger partial charge in [-0.3, -0.25) is 4.79 Å². The van der Waals surface area contributed by atoms with E-state index in [0.717, 1.165) is 25.5 Å². The lowest BCUT2D eigenvalue weighted by atomic mass is 9.90. The summed E-state index contributed by atoms with van der Waals surface area (Å²) in [6.07, 6.45) is 2.71. The number of rotatable bonds is 3. The molecule has 21 heavy (non-hydrogen) atoms. The largest absolute Gasteiger partial charge is 0.465 e. The van der Waals surface area contributed by atoms with E-state index in [2.05, 4.69) is 15.4 Å². The highest BCUT2D eigenvalue weighted by molar-refractivity contribution is 6.04. The number of piperidine rings is 1. The number of anilines is 1. The van der Waals surface area contributed by atoms with E-state index in [-0.39, 0.29) is 17.2 Å². The fourth-order valence-corrected chi connectivity index (χ4v) is 2.41. The highest BCUT2D eigenvalue weighted by atomic mass is 19.1. The van der Waals surface area contributed by atoms with Crippen LogP contribution in [0.3, 0.4) is 0 Å². The summed E-state index contributed by atoms with van der Waals surface area (Å²) < 4.78 is 17.9. The van der Waals surface area contributed by atoms with Gasteiger partial charge in [-0.15, -0.1) is 0 Å². The lowest BCUT2D eigenvalue weighted by Gasteiger charge is -2.33. The molecule has 0 aliphatic carbocycles. The summed E-state index contributed by atoms with van der Waals surface area (Å²) >= 11 is 0. The first kappa shape index (κ1) is 15.4. The highest BCUT2D eigenvalue weighted by Gasteiger charge is 2.34. The molecule has 1 aliphatic rings. The van der Waals surface area contributed by atoms with Crippen LogP contribution in [0.15, 0.2) is 18.2 Å². The van der Waals surface area contributed by atoms with Crippen molar-refractivity contribution in [2.75, 3.05) is 19.0 Å². The van der Waals surface area contributed by atoms with Crippen LogP contribution in [0, 0.1) is 5.82 Å². The second-order valence-corrected chi connectivity index (χ2v) is 5.35. The zero-order valence-electron chi connectivity index (χ0n) is 12.2. The van der Waals surface area contributed by atoms with Gasteiger partial charge in [0.05, 0.1) is 23.9 Å². The molecule has 2 N–H and O–H groups in total. The number of methoxy groups -OCH3 is 1. The van der Waals surface area contributed by atoms with Crippen LogP contribution in [0.1, 0.15) is 36.5 Å². The minimum Gasteiger partial charge on any atom is -0.465 e. The molecule has 0 saturated carbocycles. The molecule has 1 aromatic rings. The quantitative estimate of drug-likeness (QED) is 0.838. The smallest absolute Gasteiger partial charge is 0.340 e. The summed E-state index contributed by atoms with van der Waals surface area (Å²) in [5.74, 6) is -1.49. The molecular formula is C15H19FN2O3. The second kappa shape index (κ2) is 6.22. The monoisotopic (exact) mass is 294 g/mol. The van der Waals surface area contributed by atoms with Crippen molar-refractivity contribution in [3.63, 3.8) is 0 Å². The maximum Gasteiger partial charge on any atom is 0.340 e. The van der Waals surface area contributed by atoms with Crippen LogP contribution < -0.4 is 10.6 Å². The van der Waals surface area contributed by atoms with E-state index >= 15 is 0 Å². The molecule has 2 rings (SSSR count). The van der Waals surface area contributed by atoms with Gasteiger partial charge < -0.3 is 15.4 Å². The van der Waals surface area contributed by atoms with E-state index in [1.165, 1.54) is 19.2 Å². The van der Waals surface area contributed by atoms with Gasteiger partial charge in [-0.25, -0.2) is 9.18 Å². The van der Waals surface area contributed by atoms with Crippen molar-refractivity contribution in [3.05, 3.63) is 29.6 Å². The van der Waals surface area contributed by atoms with Gasteiger partial charge >= 0.3 is 5.97 Å². The van der Waals surface area contributed by atoms with E-state index in [1.807, 2.05) is 6.92 Å². The van der Waals surface area contributed by atoms with E-state index in [0.29, 0.717) is 6.42 Å². The third-order valence-corrected chi connectivity index (χ3v) is 3.75. The Hall–Kier alpha value is -1.95. The molecule has 0 spiro atoms. The van der Waals surface area contributed by atoms with Crippen LogP contribution in [0.2, 0.25) is 0 Å². The van der Waals surface area contributed by atoms with Crippen LogP contribution in [0.25, 0.3) is 0 Å². The lowest BCUT2D eigenvalue weighted by Crippen LogP contribution is -2.54. The fourth-order valence-electron chi connectivity index (χ4n) is 2.41. The van der Waals surface area contributed by atoms with Crippen LogP contribution in [-0.2, 0) is 9.53 Å². The normalized spacial score (nSPS) is 21.7. The molecule has 1 unspecified atom stereocenters. The molecule has 6 heteroatoms. The van der Waals surface area contributed by atoms with E-state index in [4.69, 9.17) is 0 Å².